The molecule has 1 saturated heterocycles. The van der Waals surface area contributed by atoms with Gasteiger partial charge in [-0.05, 0) is 20.8 Å². The van der Waals surface area contributed by atoms with Gasteiger partial charge in [0, 0.05) is 32.4 Å². The third-order valence-electron chi connectivity index (χ3n) is 3.89. The van der Waals surface area contributed by atoms with Crippen molar-refractivity contribution < 1.29 is 12.9 Å². The minimum atomic E-state index is -3.23. The van der Waals surface area contributed by atoms with Gasteiger partial charge in [-0.1, -0.05) is 5.16 Å². The minimum absolute atomic E-state index is 0.158. The van der Waals surface area contributed by atoms with Gasteiger partial charge in [-0.25, -0.2) is 8.42 Å². The van der Waals surface area contributed by atoms with E-state index in [0.29, 0.717) is 5.82 Å². The number of nitrogens with zero attached hydrogens (tertiary/aromatic N) is 3. The molecule has 0 spiro atoms. The van der Waals surface area contributed by atoms with Gasteiger partial charge in [0.2, 0.25) is 5.89 Å². The molecule has 0 amide bonds. The van der Waals surface area contributed by atoms with Crippen LogP contribution in [0.2, 0.25) is 0 Å². The molecule has 1 unspecified atom stereocenters. The van der Waals surface area contributed by atoms with Crippen LogP contribution >= 0.6 is 0 Å². The Morgan fingerprint density at radius 1 is 1.35 bits per heavy atom. The number of nitrogens with one attached hydrogen (secondary N) is 1. The summed E-state index contributed by atoms with van der Waals surface area (Å²) >= 11 is 0. The van der Waals surface area contributed by atoms with E-state index in [-0.39, 0.29) is 11.4 Å². The molecule has 0 bridgehead atoms. The van der Waals surface area contributed by atoms with Gasteiger partial charge in [-0.15, -0.1) is 0 Å². The molecular formula is C12H22N4O3S. The Labute approximate surface area is 119 Å². The summed E-state index contributed by atoms with van der Waals surface area (Å²) in [7, 11) is -3.23. The number of sulfone groups is 1. The topological polar surface area (TPSA) is 88.3 Å². The van der Waals surface area contributed by atoms with Gasteiger partial charge in [0.25, 0.3) is 0 Å². The molecule has 20 heavy (non-hydrogen) atoms. The zero-order chi connectivity index (χ0) is 15.0. The maximum absolute atomic E-state index is 11.5. The molecule has 2 heterocycles. The summed E-state index contributed by atoms with van der Waals surface area (Å²) in [6.45, 7) is 9.26. The van der Waals surface area contributed by atoms with Crippen LogP contribution in [0.15, 0.2) is 4.52 Å². The highest BCUT2D eigenvalue weighted by Crippen LogP contribution is 2.28. The van der Waals surface area contributed by atoms with Gasteiger partial charge >= 0.3 is 0 Å². The first-order valence-corrected chi connectivity index (χ1v) is 8.67. The van der Waals surface area contributed by atoms with Crippen molar-refractivity contribution in [3.8, 4) is 0 Å². The Bertz CT molecular complexity index is 561. The maximum Gasteiger partial charge on any atom is 0.244 e. The predicted molar refractivity (Wildman–Crippen MR) is 75.0 cm³/mol. The largest absolute Gasteiger partial charge is 0.338 e. The molecule has 1 fully saturated rings. The Morgan fingerprint density at radius 3 is 2.50 bits per heavy atom. The summed E-state index contributed by atoms with van der Waals surface area (Å²) in [5.41, 5.74) is -0.374. The van der Waals surface area contributed by atoms with E-state index in [4.69, 9.17) is 4.52 Å². The smallest absolute Gasteiger partial charge is 0.244 e. The summed E-state index contributed by atoms with van der Waals surface area (Å²) in [5.74, 6) is 0.690. The predicted octanol–water partition coefficient (Wildman–Crippen LogP) is 0.316. The zero-order valence-electron chi connectivity index (χ0n) is 12.4. The highest BCUT2D eigenvalue weighted by molar-refractivity contribution is 7.90. The van der Waals surface area contributed by atoms with E-state index in [1.807, 2.05) is 13.8 Å². The van der Waals surface area contributed by atoms with Gasteiger partial charge in [0.15, 0.2) is 15.7 Å². The van der Waals surface area contributed by atoms with E-state index in [2.05, 4.69) is 20.4 Å². The Hall–Kier alpha value is -0.990. The standard InChI is InChI=1S/C12H22N4O3S/c1-9(20(4,17)18)10-14-11(15-19-10)12(2,3)16-7-5-13-6-8-16/h9,13H,5-8H2,1-4H3. The first-order valence-electron chi connectivity index (χ1n) is 6.71. The van der Waals surface area contributed by atoms with Crippen LogP contribution in [-0.4, -0.2) is 55.9 Å². The molecule has 1 aliphatic rings. The highest BCUT2D eigenvalue weighted by atomic mass is 32.2. The summed E-state index contributed by atoms with van der Waals surface area (Å²) in [4.78, 5) is 6.57. The number of rotatable bonds is 4. The molecule has 0 aliphatic carbocycles. The van der Waals surface area contributed by atoms with Crippen LogP contribution in [0.4, 0.5) is 0 Å². The third-order valence-corrected chi connectivity index (χ3v) is 5.37. The molecule has 8 heteroatoms. The van der Waals surface area contributed by atoms with Crippen molar-refractivity contribution in [3.05, 3.63) is 11.7 Å². The van der Waals surface area contributed by atoms with Gasteiger partial charge in [0.1, 0.15) is 5.25 Å². The fourth-order valence-corrected chi connectivity index (χ4v) is 2.66. The van der Waals surface area contributed by atoms with E-state index >= 15 is 0 Å². The molecule has 7 nitrogen and oxygen atoms in total. The normalized spacial score (nSPS) is 20.0. The quantitative estimate of drug-likeness (QED) is 0.856. The fraction of sp³-hybridized carbons (Fsp3) is 0.833. The summed E-state index contributed by atoms with van der Waals surface area (Å²) in [6.07, 6.45) is 1.17. The van der Waals surface area contributed by atoms with E-state index in [0.717, 1.165) is 26.2 Å². The average Bonchev–Trinajstić information content (AvgIpc) is 2.88. The van der Waals surface area contributed by atoms with Gasteiger partial charge in [-0.3, -0.25) is 4.90 Å². The van der Waals surface area contributed by atoms with Crippen LogP contribution in [-0.2, 0) is 15.4 Å². The second kappa shape index (κ2) is 5.42. The molecule has 1 aromatic heterocycles. The second-order valence-electron chi connectivity index (χ2n) is 5.72. The van der Waals surface area contributed by atoms with E-state index in [1.165, 1.54) is 6.26 Å². The molecule has 1 atom stereocenters. The SMILES string of the molecule is CC(c1nc(C(C)(C)N2CCNCC2)no1)S(C)(=O)=O. The lowest BCUT2D eigenvalue weighted by atomic mass is 10.0. The zero-order valence-corrected chi connectivity index (χ0v) is 13.2. The van der Waals surface area contributed by atoms with Crippen molar-refractivity contribution in [2.75, 3.05) is 32.4 Å². The lowest BCUT2D eigenvalue weighted by Crippen LogP contribution is -2.52. The van der Waals surface area contributed by atoms with E-state index in [1.54, 1.807) is 6.92 Å². The second-order valence-corrected chi connectivity index (χ2v) is 8.09. The lowest BCUT2D eigenvalue weighted by molar-refractivity contribution is 0.0924. The fourth-order valence-electron chi connectivity index (χ4n) is 2.20. The van der Waals surface area contributed by atoms with Crippen molar-refractivity contribution in [2.24, 2.45) is 0 Å². The first kappa shape index (κ1) is 15.4. The van der Waals surface area contributed by atoms with Gasteiger partial charge in [-0.2, -0.15) is 4.98 Å². The molecule has 2 rings (SSSR count). The number of piperazine rings is 1. The molecule has 1 aromatic rings. The van der Waals surface area contributed by atoms with Crippen LogP contribution in [0.5, 0.6) is 0 Å². The summed E-state index contributed by atoms with van der Waals surface area (Å²) in [6, 6.07) is 0. The Balaban J connectivity index is 2.23. The first-order chi connectivity index (χ1) is 9.23. The monoisotopic (exact) mass is 302 g/mol. The highest BCUT2D eigenvalue weighted by Gasteiger charge is 2.35. The van der Waals surface area contributed by atoms with Gasteiger partial charge < -0.3 is 9.84 Å². The van der Waals surface area contributed by atoms with Crippen LogP contribution in [0.1, 0.15) is 37.7 Å². The van der Waals surface area contributed by atoms with Crippen molar-refractivity contribution in [1.29, 1.82) is 0 Å². The lowest BCUT2D eigenvalue weighted by Gasteiger charge is -2.38. The summed E-state index contributed by atoms with van der Waals surface area (Å²) < 4.78 is 28.2. The summed E-state index contributed by atoms with van der Waals surface area (Å²) in [5, 5.41) is 6.51. The molecule has 1 aliphatic heterocycles. The van der Waals surface area contributed by atoms with Crippen molar-refractivity contribution in [3.63, 3.8) is 0 Å². The molecule has 114 valence electrons. The van der Waals surface area contributed by atoms with Crippen LogP contribution in [0.3, 0.4) is 0 Å². The number of aromatic nitrogens is 2. The van der Waals surface area contributed by atoms with E-state index in [9.17, 15) is 8.42 Å². The number of hydrogen-bond acceptors (Lipinski definition) is 7. The van der Waals surface area contributed by atoms with Crippen LogP contribution in [0, 0.1) is 0 Å². The Kier molecular flexibility index (Phi) is 4.17. The number of hydrogen-bond donors (Lipinski definition) is 1. The molecule has 0 radical (unpaired) electrons. The van der Waals surface area contributed by atoms with Crippen molar-refractivity contribution in [1.82, 2.24) is 20.4 Å². The molecule has 0 saturated carbocycles. The third kappa shape index (κ3) is 3.02. The van der Waals surface area contributed by atoms with Crippen molar-refractivity contribution in [2.45, 2.75) is 31.6 Å². The molecule has 0 aromatic carbocycles. The van der Waals surface area contributed by atoms with E-state index < -0.39 is 15.1 Å². The average molecular weight is 302 g/mol. The maximum atomic E-state index is 11.5. The van der Waals surface area contributed by atoms with Crippen LogP contribution in [0.25, 0.3) is 0 Å². The Morgan fingerprint density at radius 2 is 1.95 bits per heavy atom. The van der Waals surface area contributed by atoms with Crippen molar-refractivity contribution >= 4 is 9.84 Å². The van der Waals surface area contributed by atoms with Gasteiger partial charge in [0.05, 0.1) is 5.54 Å². The van der Waals surface area contributed by atoms with Crippen LogP contribution < -0.4 is 5.32 Å². The molecular weight excluding hydrogens is 280 g/mol. The molecule has 1 N–H and O–H groups in total. The minimum Gasteiger partial charge on any atom is -0.338 e.